The van der Waals surface area contributed by atoms with Crippen LogP contribution in [-0.2, 0) is 20.4 Å². The van der Waals surface area contributed by atoms with Crippen molar-refractivity contribution in [3.8, 4) is 11.5 Å². The van der Waals surface area contributed by atoms with Gasteiger partial charge in [0.15, 0.2) is 6.73 Å². The predicted molar refractivity (Wildman–Crippen MR) is 206 cm³/mol. The van der Waals surface area contributed by atoms with E-state index in [9.17, 15) is 14.9 Å². The van der Waals surface area contributed by atoms with E-state index in [0.29, 0.717) is 17.9 Å². The zero-order valence-corrected chi connectivity index (χ0v) is 30.0. The standard InChI is InChI=1S/C44H39N3O6/c1-41(2)34-13-7-9-15-36(34)45(43(41)24-21-30-27-31(47(49)50)18-20-38(30)52-43)26-23-40(48)51-28-46-37-16-10-8-14-35(37)42(3,4)44(46)25-22-33-32-12-6-5-11-29(32)17-19-39(33)53-44/h5-22,24-25,27H,23,26,28H2,1-4H3. The van der Waals surface area contributed by atoms with E-state index in [4.69, 9.17) is 14.2 Å². The Bertz CT molecular complexity index is 2420. The van der Waals surface area contributed by atoms with Gasteiger partial charge < -0.3 is 19.1 Å². The number of nitrogens with zero attached hydrogens (tertiary/aromatic N) is 3. The highest BCUT2D eigenvalue weighted by Crippen LogP contribution is 2.57. The molecule has 9 heteroatoms. The molecule has 53 heavy (non-hydrogen) atoms. The Kier molecular flexibility index (Phi) is 7.09. The SMILES string of the molecule is CC1(C)c2ccccc2N(CCC(=O)OCN2c3ccccc3C(C)(C)C23C=Cc2c(ccc4ccccc24)O3)C12C=Cc1cc([N+](=O)[O-])ccc1O2. The van der Waals surface area contributed by atoms with Crippen molar-refractivity contribution >= 4 is 46.0 Å². The number of carbonyl (C=O) groups is 1. The summed E-state index contributed by atoms with van der Waals surface area (Å²) in [5, 5.41) is 13.7. The van der Waals surface area contributed by atoms with Gasteiger partial charge in [0.05, 0.1) is 22.2 Å². The van der Waals surface area contributed by atoms with Gasteiger partial charge in [-0.15, -0.1) is 0 Å². The van der Waals surface area contributed by atoms with Crippen molar-refractivity contribution in [3.05, 3.63) is 148 Å². The van der Waals surface area contributed by atoms with Crippen LogP contribution in [0.1, 0.15) is 56.4 Å². The summed E-state index contributed by atoms with van der Waals surface area (Å²) in [7, 11) is 0. The number of anilines is 2. The lowest BCUT2D eigenvalue weighted by molar-refractivity contribution is -0.384. The average Bonchev–Trinajstić information content (AvgIpc) is 3.45. The van der Waals surface area contributed by atoms with E-state index in [0.717, 1.165) is 44.6 Å². The molecule has 5 aromatic carbocycles. The van der Waals surface area contributed by atoms with Crippen molar-refractivity contribution in [2.75, 3.05) is 23.1 Å². The van der Waals surface area contributed by atoms with Crippen LogP contribution in [0.2, 0.25) is 0 Å². The number of rotatable bonds is 6. The molecule has 4 aliphatic rings. The summed E-state index contributed by atoms with van der Waals surface area (Å²) in [4.78, 5) is 29.1. The quantitative estimate of drug-likeness (QED) is 0.0981. The monoisotopic (exact) mass is 705 g/mol. The molecule has 0 aliphatic carbocycles. The lowest BCUT2D eigenvalue weighted by atomic mass is 9.76. The van der Waals surface area contributed by atoms with Gasteiger partial charge in [-0.25, -0.2) is 0 Å². The molecular weight excluding hydrogens is 666 g/mol. The van der Waals surface area contributed by atoms with Gasteiger partial charge in [0, 0.05) is 41.2 Å². The van der Waals surface area contributed by atoms with Gasteiger partial charge >= 0.3 is 5.97 Å². The molecular formula is C44H39N3O6. The van der Waals surface area contributed by atoms with E-state index in [2.05, 4.69) is 86.0 Å². The molecule has 2 atom stereocenters. The molecule has 5 aromatic rings. The van der Waals surface area contributed by atoms with Crippen LogP contribution in [-0.4, -0.2) is 35.6 Å². The van der Waals surface area contributed by atoms with Gasteiger partial charge in [-0.1, -0.05) is 66.7 Å². The maximum Gasteiger partial charge on any atom is 0.309 e. The largest absolute Gasteiger partial charge is 0.463 e. The van der Waals surface area contributed by atoms with Gasteiger partial charge in [0.2, 0.25) is 11.4 Å². The number of fused-ring (bicyclic) bond motifs is 6. The lowest BCUT2D eigenvalue weighted by Crippen LogP contribution is -2.60. The fraction of sp³-hybridized carbons (Fsp3) is 0.250. The van der Waals surface area contributed by atoms with Crippen LogP contribution in [0.15, 0.2) is 115 Å². The molecule has 9 nitrogen and oxygen atoms in total. The number of esters is 1. The Hall–Kier alpha value is -6.09. The zero-order chi connectivity index (χ0) is 36.8. The molecule has 9 rings (SSSR count). The van der Waals surface area contributed by atoms with Crippen molar-refractivity contribution in [3.63, 3.8) is 0 Å². The molecule has 0 saturated heterocycles. The summed E-state index contributed by atoms with van der Waals surface area (Å²) < 4.78 is 20.0. The number of carbonyl (C=O) groups excluding carboxylic acids is 1. The summed E-state index contributed by atoms with van der Waals surface area (Å²) in [5.41, 5.74) is 2.80. The maximum absolute atomic E-state index is 13.8. The summed E-state index contributed by atoms with van der Waals surface area (Å²) in [5.74, 6) is 0.963. The highest BCUT2D eigenvalue weighted by atomic mass is 16.6. The predicted octanol–water partition coefficient (Wildman–Crippen LogP) is 9.14. The van der Waals surface area contributed by atoms with Crippen molar-refractivity contribution in [2.45, 2.75) is 56.4 Å². The van der Waals surface area contributed by atoms with Crippen molar-refractivity contribution < 1.29 is 23.9 Å². The normalized spacial score (nSPS) is 22.2. The second-order valence-corrected chi connectivity index (χ2v) is 15.2. The van der Waals surface area contributed by atoms with Crippen LogP contribution >= 0.6 is 0 Å². The first-order valence-electron chi connectivity index (χ1n) is 17.9. The zero-order valence-electron chi connectivity index (χ0n) is 30.0. The fourth-order valence-corrected chi connectivity index (χ4v) is 8.93. The number of hydrogen-bond acceptors (Lipinski definition) is 8. The molecule has 0 bridgehead atoms. The first kappa shape index (κ1) is 32.8. The minimum absolute atomic E-state index is 0.000802. The molecule has 0 amide bonds. The highest BCUT2D eigenvalue weighted by Gasteiger charge is 2.60. The molecule has 0 aromatic heterocycles. The van der Waals surface area contributed by atoms with Crippen LogP contribution in [0.5, 0.6) is 11.5 Å². The van der Waals surface area contributed by atoms with Crippen LogP contribution < -0.4 is 19.3 Å². The summed E-state index contributed by atoms with van der Waals surface area (Å²) in [6.45, 7) is 8.89. The summed E-state index contributed by atoms with van der Waals surface area (Å²) >= 11 is 0. The molecule has 4 heterocycles. The second-order valence-electron chi connectivity index (χ2n) is 15.2. The Morgan fingerprint density at radius 3 is 2.08 bits per heavy atom. The second kappa shape index (κ2) is 11.5. The molecule has 2 spiro atoms. The molecule has 266 valence electrons. The van der Waals surface area contributed by atoms with Crippen molar-refractivity contribution in [1.82, 2.24) is 0 Å². The van der Waals surface area contributed by atoms with Crippen molar-refractivity contribution in [2.24, 2.45) is 0 Å². The van der Waals surface area contributed by atoms with Crippen LogP contribution in [0, 0.1) is 10.1 Å². The molecule has 0 N–H and O–H groups in total. The van der Waals surface area contributed by atoms with Crippen molar-refractivity contribution in [1.29, 1.82) is 0 Å². The number of benzene rings is 5. The van der Waals surface area contributed by atoms with E-state index in [1.165, 1.54) is 12.1 Å². The third-order valence-electron chi connectivity index (χ3n) is 11.9. The van der Waals surface area contributed by atoms with Crippen LogP contribution in [0.3, 0.4) is 0 Å². The summed E-state index contributed by atoms with van der Waals surface area (Å²) in [6, 6.07) is 33.3. The third kappa shape index (κ3) is 4.59. The average molecular weight is 706 g/mol. The number of hydrogen-bond donors (Lipinski definition) is 0. The molecule has 0 fully saturated rings. The minimum atomic E-state index is -0.986. The molecule has 0 saturated carbocycles. The molecule has 2 unspecified atom stereocenters. The number of nitro groups is 1. The van der Waals surface area contributed by atoms with E-state index >= 15 is 0 Å². The van der Waals surface area contributed by atoms with E-state index in [-0.39, 0.29) is 24.8 Å². The first-order valence-corrected chi connectivity index (χ1v) is 17.9. The number of nitro benzene ring substituents is 1. The molecule has 4 aliphatic heterocycles. The van der Waals surface area contributed by atoms with E-state index in [1.807, 2.05) is 60.7 Å². The fourth-order valence-electron chi connectivity index (χ4n) is 8.93. The molecule has 0 radical (unpaired) electrons. The number of non-ortho nitro benzene ring substituents is 1. The lowest BCUT2D eigenvalue weighted by Gasteiger charge is -2.47. The van der Waals surface area contributed by atoms with Crippen LogP contribution in [0.25, 0.3) is 22.9 Å². The van der Waals surface area contributed by atoms with Gasteiger partial charge in [-0.3, -0.25) is 19.8 Å². The van der Waals surface area contributed by atoms with Gasteiger partial charge in [0.25, 0.3) is 5.69 Å². The van der Waals surface area contributed by atoms with E-state index in [1.54, 1.807) is 6.07 Å². The number of ether oxygens (including phenoxy) is 3. The summed E-state index contributed by atoms with van der Waals surface area (Å²) in [6.07, 6.45) is 8.19. The Labute approximate surface area is 307 Å². The Morgan fingerprint density at radius 2 is 1.34 bits per heavy atom. The topological polar surface area (TPSA) is 94.4 Å². The smallest absolute Gasteiger partial charge is 0.309 e. The number of para-hydroxylation sites is 2. The minimum Gasteiger partial charge on any atom is -0.463 e. The van der Waals surface area contributed by atoms with Gasteiger partial charge in [0.1, 0.15) is 11.5 Å². The van der Waals surface area contributed by atoms with Crippen LogP contribution in [0.4, 0.5) is 17.1 Å². The Balaban J connectivity index is 0.994. The first-order chi connectivity index (χ1) is 25.5. The van der Waals surface area contributed by atoms with Gasteiger partial charge in [-0.05, 0) is 98.2 Å². The van der Waals surface area contributed by atoms with Gasteiger partial charge in [-0.2, -0.15) is 0 Å². The highest BCUT2D eigenvalue weighted by molar-refractivity contribution is 5.94. The van der Waals surface area contributed by atoms with E-state index < -0.39 is 27.2 Å². The Morgan fingerprint density at radius 1 is 0.736 bits per heavy atom. The maximum atomic E-state index is 13.8. The third-order valence-corrected chi connectivity index (χ3v) is 11.9.